The molecule has 3 nitrogen and oxygen atoms in total. The molecule has 0 bridgehead atoms. The quantitative estimate of drug-likeness (QED) is 0.807. The highest BCUT2D eigenvalue weighted by molar-refractivity contribution is 9.09. The molecule has 2 rings (SSSR count). The van der Waals surface area contributed by atoms with Crippen molar-refractivity contribution in [1.82, 2.24) is 9.55 Å². The minimum absolute atomic E-state index is 0.426. The van der Waals surface area contributed by atoms with Crippen LogP contribution in [0.3, 0.4) is 0 Å². The maximum Gasteiger partial charge on any atom is 0.206 e. The largest absolute Gasteiger partial charge is 0.342 e. The molecule has 1 heterocycles. The molecule has 4 heteroatoms. The van der Waals surface area contributed by atoms with Gasteiger partial charge in [-0.05, 0) is 19.1 Å². The van der Waals surface area contributed by atoms with Crippen molar-refractivity contribution in [3.05, 3.63) is 24.3 Å². The van der Waals surface area contributed by atoms with Crippen LogP contribution in [0.25, 0.3) is 11.0 Å². The van der Waals surface area contributed by atoms with Crippen LogP contribution in [0.15, 0.2) is 24.3 Å². The Bertz CT molecular complexity index is 492. The van der Waals surface area contributed by atoms with Crippen molar-refractivity contribution in [2.45, 2.75) is 13.0 Å². The number of para-hydroxylation sites is 2. The van der Waals surface area contributed by atoms with Gasteiger partial charge in [-0.25, -0.2) is 4.98 Å². The molecule has 0 aliphatic carbocycles. The Morgan fingerprint density at radius 2 is 2.12 bits per heavy atom. The second-order valence-electron chi connectivity index (χ2n) is 4.07. The summed E-state index contributed by atoms with van der Waals surface area (Å²) >= 11 is 3.50. The molecule has 0 spiro atoms. The highest BCUT2D eigenvalue weighted by atomic mass is 79.9. The van der Waals surface area contributed by atoms with E-state index in [1.807, 2.05) is 18.2 Å². The van der Waals surface area contributed by atoms with Gasteiger partial charge >= 0.3 is 0 Å². The van der Waals surface area contributed by atoms with Crippen molar-refractivity contribution >= 4 is 32.9 Å². The van der Waals surface area contributed by atoms with Crippen LogP contribution in [0, 0.1) is 0 Å². The first-order valence-electron chi connectivity index (χ1n) is 5.35. The number of nitrogens with zero attached hydrogens (tertiary/aromatic N) is 3. The Morgan fingerprint density at radius 3 is 2.75 bits per heavy atom. The smallest absolute Gasteiger partial charge is 0.206 e. The van der Waals surface area contributed by atoms with Crippen molar-refractivity contribution in [3.8, 4) is 0 Å². The standard InChI is InChI=1S/C12H16BrN3/c1-9(8-13)15(2)12-14-10-6-4-5-7-11(10)16(12)3/h4-7,9H,8H2,1-3H3. The predicted molar refractivity (Wildman–Crippen MR) is 72.4 cm³/mol. The minimum Gasteiger partial charge on any atom is -0.342 e. The first-order valence-corrected chi connectivity index (χ1v) is 6.47. The van der Waals surface area contributed by atoms with Gasteiger partial charge in [0.15, 0.2) is 0 Å². The number of aromatic nitrogens is 2. The van der Waals surface area contributed by atoms with Crippen LogP contribution < -0.4 is 4.90 Å². The Hall–Kier alpha value is -1.03. The molecule has 0 amide bonds. The van der Waals surface area contributed by atoms with Gasteiger partial charge in [0.1, 0.15) is 0 Å². The number of alkyl halides is 1. The highest BCUT2D eigenvalue weighted by Gasteiger charge is 2.15. The average Bonchev–Trinajstić information content (AvgIpc) is 2.65. The Balaban J connectivity index is 2.49. The van der Waals surface area contributed by atoms with Gasteiger partial charge < -0.3 is 9.47 Å². The molecule has 1 atom stereocenters. The zero-order valence-corrected chi connectivity index (χ0v) is 11.4. The van der Waals surface area contributed by atoms with E-state index in [9.17, 15) is 0 Å². The summed E-state index contributed by atoms with van der Waals surface area (Å²) in [5.41, 5.74) is 2.22. The van der Waals surface area contributed by atoms with Gasteiger partial charge in [0.05, 0.1) is 11.0 Å². The lowest BCUT2D eigenvalue weighted by atomic mass is 10.3. The van der Waals surface area contributed by atoms with E-state index in [0.29, 0.717) is 6.04 Å². The molecule has 1 aromatic carbocycles. The van der Waals surface area contributed by atoms with E-state index in [1.165, 1.54) is 5.52 Å². The maximum absolute atomic E-state index is 4.65. The van der Waals surface area contributed by atoms with Crippen LogP contribution in [-0.2, 0) is 7.05 Å². The van der Waals surface area contributed by atoms with Crippen LogP contribution in [0.1, 0.15) is 6.92 Å². The van der Waals surface area contributed by atoms with E-state index in [-0.39, 0.29) is 0 Å². The van der Waals surface area contributed by atoms with E-state index < -0.39 is 0 Å². The predicted octanol–water partition coefficient (Wildman–Crippen LogP) is 2.79. The van der Waals surface area contributed by atoms with E-state index in [0.717, 1.165) is 16.8 Å². The summed E-state index contributed by atoms with van der Waals surface area (Å²) in [6, 6.07) is 8.63. The topological polar surface area (TPSA) is 21.1 Å². The molecule has 16 heavy (non-hydrogen) atoms. The number of hydrogen-bond acceptors (Lipinski definition) is 2. The Kier molecular flexibility index (Phi) is 3.19. The summed E-state index contributed by atoms with van der Waals surface area (Å²) in [7, 11) is 4.13. The molecular weight excluding hydrogens is 266 g/mol. The molecule has 1 aromatic heterocycles. The van der Waals surface area contributed by atoms with Crippen LogP contribution in [0.2, 0.25) is 0 Å². The van der Waals surface area contributed by atoms with Crippen molar-refractivity contribution in [2.75, 3.05) is 17.3 Å². The number of benzene rings is 1. The molecule has 2 aromatic rings. The zero-order chi connectivity index (χ0) is 11.7. The van der Waals surface area contributed by atoms with Crippen LogP contribution >= 0.6 is 15.9 Å². The zero-order valence-electron chi connectivity index (χ0n) is 9.81. The maximum atomic E-state index is 4.65. The fourth-order valence-corrected chi connectivity index (χ4v) is 2.18. The highest BCUT2D eigenvalue weighted by Crippen LogP contribution is 2.21. The van der Waals surface area contributed by atoms with Gasteiger partial charge in [-0.1, -0.05) is 28.1 Å². The summed E-state index contributed by atoms with van der Waals surface area (Å²) < 4.78 is 2.13. The number of fused-ring (bicyclic) bond motifs is 1. The summed E-state index contributed by atoms with van der Waals surface area (Å²) in [4.78, 5) is 6.84. The molecular formula is C12H16BrN3. The fraction of sp³-hybridized carbons (Fsp3) is 0.417. The third kappa shape index (κ3) is 1.82. The van der Waals surface area contributed by atoms with Crippen LogP contribution in [0.5, 0.6) is 0 Å². The SMILES string of the molecule is CC(CBr)N(C)c1nc2ccccc2n1C. The second-order valence-corrected chi connectivity index (χ2v) is 4.72. The molecule has 0 saturated carbocycles. The third-order valence-electron chi connectivity index (χ3n) is 2.96. The molecule has 0 aliphatic heterocycles. The minimum atomic E-state index is 0.426. The van der Waals surface area contributed by atoms with Gasteiger partial charge in [-0.3, -0.25) is 0 Å². The van der Waals surface area contributed by atoms with Gasteiger partial charge in [0.25, 0.3) is 0 Å². The molecule has 0 N–H and O–H groups in total. The summed E-state index contributed by atoms with van der Waals surface area (Å²) in [6.45, 7) is 2.17. The van der Waals surface area contributed by atoms with Crippen molar-refractivity contribution < 1.29 is 0 Å². The average molecular weight is 282 g/mol. The number of halogens is 1. The van der Waals surface area contributed by atoms with E-state index in [4.69, 9.17) is 0 Å². The Morgan fingerprint density at radius 1 is 1.44 bits per heavy atom. The molecule has 0 saturated heterocycles. The summed E-state index contributed by atoms with van der Waals surface area (Å²) in [5, 5.41) is 0.937. The van der Waals surface area contributed by atoms with Crippen molar-refractivity contribution in [3.63, 3.8) is 0 Å². The number of hydrogen-bond donors (Lipinski definition) is 0. The van der Waals surface area contributed by atoms with Crippen LogP contribution in [0.4, 0.5) is 5.95 Å². The van der Waals surface area contributed by atoms with Gasteiger partial charge in [0, 0.05) is 25.5 Å². The number of imidazole rings is 1. The van der Waals surface area contributed by atoms with Gasteiger partial charge in [-0.15, -0.1) is 0 Å². The second kappa shape index (κ2) is 4.45. The molecule has 0 fully saturated rings. The lowest BCUT2D eigenvalue weighted by Crippen LogP contribution is -2.32. The van der Waals surface area contributed by atoms with Crippen LogP contribution in [-0.4, -0.2) is 28.0 Å². The monoisotopic (exact) mass is 281 g/mol. The Labute approximate surface area is 104 Å². The lowest BCUT2D eigenvalue weighted by Gasteiger charge is -2.24. The first-order chi connectivity index (χ1) is 7.65. The summed E-state index contributed by atoms with van der Waals surface area (Å²) in [5.74, 6) is 1.01. The van der Waals surface area contributed by atoms with Gasteiger partial charge in [-0.2, -0.15) is 0 Å². The van der Waals surface area contributed by atoms with E-state index in [1.54, 1.807) is 0 Å². The van der Waals surface area contributed by atoms with E-state index >= 15 is 0 Å². The number of aryl methyl sites for hydroxylation is 1. The summed E-state index contributed by atoms with van der Waals surface area (Å²) in [6.07, 6.45) is 0. The van der Waals surface area contributed by atoms with Crippen molar-refractivity contribution in [1.29, 1.82) is 0 Å². The van der Waals surface area contributed by atoms with Crippen molar-refractivity contribution in [2.24, 2.45) is 7.05 Å². The molecule has 1 unspecified atom stereocenters. The normalized spacial score (nSPS) is 13.0. The first kappa shape index (κ1) is 11.5. The molecule has 0 radical (unpaired) electrons. The number of anilines is 1. The molecule has 86 valence electrons. The van der Waals surface area contributed by atoms with Gasteiger partial charge in [0.2, 0.25) is 5.95 Å². The third-order valence-corrected chi connectivity index (χ3v) is 3.90. The lowest BCUT2D eigenvalue weighted by molar-refractivity contribution is 0.723. The van der Waals surface area contributed by atoms with E-state index in [2.05, 4.69) is 57.5 Å². The number of rotatable bonds is 3. The fourth-order valence-electron chi connectivity index (χ4n) is 1.75. The molecule has 0 aliphatic rings.